The highest BCUT2D eigenvalue weighted by molar-refractivity contribution is 7.99. The lowest BCUT2D eigenvalue weighted by Gasteiger charge is -2.23. The molecule has 1 aliphatic rings. The Morgan fingerprint density at radius 3 is 2.50 bits per heavy atom. The lowest BCUT2D eigenvalue weighted by Crippen LogP contribution is -2.38. The molecule has 8 nitrogen and oxygen atoms in total. The first-order valence-electron chi connectivity index (χ1n) is 10.1. The molecule has 0 radical (unpaired) electrons. The number of carbonyl (C=O) groups excluding carboxylic acids is 1. The second-order valence-electron chi connectivity index (χ2n) is 7.56. The SMILES string of the molecule is COc1ccc(-c2nnc(SCC(=O)N(C)[C@H]3CCS(=O)(=O)C3)n2-c2ccccc2)cc1. The maximum absolute atomic E-state index is 12.7. The highest BCUT2D eigenvalue weighted by Crippen LogP contribution is 2.29. The van der Waals surface area contributed by atoms with Gasteiger partial charge in [-0.3, -0.25) is 9.36 Å². The second-order valence-corrected chi connectivity index (χ2v) is 10.7. The zero-order valence-corrected chi connectivity index (χ0v) is 19.5. The molecule has 0 N–H and O–H groups in total. The van der Waals surface area contributed by atoms with Gasteiger partial charge in [0.25, 0.3) is 0 Å². The molecule has 0 spiro atoms. The van der Waals surface area contributed by atoms with Gasteiger partial charge in [-0.25, -0.2) is 8.42 Å². The van der Waals surface area contributed by atoms with Crippen molar-refractivity contribution in [1.29, 1.82) is 0 Å². The van der Waals surface area contributed by atoms with Crippen molar-refractivity contribution in [1.82, 2.24) is 19.7 Å². The topological polar surface area (TPSA) is 94.4 Å². The van der Waals surface area contributed by atoms with Crippen molar-refractivity contribution in [2.24, 2.45) is 0 Å². The predicted molar refractivity (Wildman–Crippen MR) is 124 cm³/mol. The molecule has 32 heavy (non-hydrogen) atoms. The van der Waals surface area contributed by atoms with E-state index in [0.29, 0.717) is 17.4 Å². The van der Waals surface area contributed by atoms with Crippen LogP contribution in [-0.4, -0.2) is 71.4 Å². The third-order valence-corrected chi connectivity index (χ3v) is 8.13. The number of methoxy groups -OCH3 is 1. The zero-order chi connectivity index (χ0) is 22.7. The van der Waals surface area contributed by atoms with Gasteiger partial charge in [-0.15, -0.1) is 10.2 Å². The molecule has 1 aliphatic heterocycles. The summed E-state index contributed by atoms with van der Waals surface area (Å²) in [5.74, 6) is 1.57. The van der Waals surface area contributed by atoms with Crippen LogP contribution in [0.4, 0.5) is 0 Å². The molecule has 1 saturated heterocycles. The van der Waals surface area contributed by atoms with Crippen LogP contribution in [0.15, 0.2) is 59.8 Å². The number of hydrogen-bond donors (Lipinski definition) is 0. The Morgan fingerprint density at radius 1 is 1.16 bits per heavy atom. The third-order valence-electron chi connectivity index (χ3n) is 5.47. The largest absolute Gasteiger partial charge is 0.497 e. The van der Waals surface area contributed by atoms with Crippen LogP contribution in [0.5, 0.6) is 5.75 Å². The second kappa shape index (κ2) is 9.33. The summed E-state index contributed by atoms with van der Waals surface area (Å²) in [7, 11) is 0.230. The summed E-state index contributed by atoms with van der Waals surface area (Å²) < 4.78 is 30.7. The average molecular weight is 473 g/mol. The van der Waals surface area contributed by atoms with Gasteiger partial charge in [0, 0.05) is 24.3 Å². The van der Waals surface area contributed by atoms with Crippen LogP contribution in [0.25, 0.3) is 17.1 Å². The molecule has 1 amide bonds. The summed E-state index contributed by atoms with van der Waals surface area (Å²) in [4.78, 5) is 14.3. The molecule has 3 aromatic rings. The van der Waals surface area contributed by atoms with Crippen molar-refractivity contribution >= 4 is 27.5 Å². The molecule has 0 bridgehead atoms. The Bertz CT molecular complexity index is 1190. The summed E-state index contributed by atoms with van der Waals surface area (Å²) in [5.41, 5.74) is 1.75. The van der Waals surface area contributed by atoms with Crippen LogP contribution < -0.4 is 4.74 Å². The number of sulfone groups is 1. The van der Waals surface area contributed by atoms with Gasteiger partial charge in [0.1, 0.15) is 5.75 Å². The van der Waals surface area contributed by atoms with Gasteiger partial charge >= 0.3 is 0 Å². The molecule has 4 rings (SSSR count). The first kappa shape index (κ1) is 22.3. The van der Waals surface area contributed by atoms with Crippen LogP contribution in [0, 0.1) is 0 Å². The van der Waals surface area contributed by atoms with Crippen molar-refractivity contribution in [3.8, 4) is 22.8 Å². The van der Waals surface area contributed by atoms with E-state index in [2.05, 4.69) is 10.2 Å². The number of benzene rings is 2. The first-order valence-corrected chi connectivity index (χ1v) is 12.9. The molecule has 1 fully saturated rings. The minimum atomic E-state index is -3.05. The summed E-state index contributed by atoms with van der Waals surface area (Å²) in [6.45, 7) is 0. The molecular formula is C22H24N4O4S2. The van der Waals surface area contributed by atoms with E-state index in [1.165, 1.54) is 11.8 Å². The third kappa shape index (κ3) is 4.81. The van der Waals surface area contributed by atoms with E-state index >= 15 is 0 Å². The molecule has 10 heteroatoms. The molecule has 0 unspecified atom stereocenters. The van der Waals surface area contributed by atoms with Gasteiger partial charge < -0.3 is 9.64 Å². The molecule has 2 aromatic carbocycles. The molecule has 1 aromatic heterocycles. The van der Waals surface area contributed by atoms with E-state index in [1.54, 1.807) is 19.1 Å². The molecule has 2 heterocycles. The maximum atomic E-state index is 12.7. The van der Waals surface area contributed by atoms with Crippen molar-refractivity contribution in [3.63, 3.8) is 0 Å². The summed E-state index contributed by atoms with van der Waals surface area (Å²) in [6, 6.07) is 17.0. The number of hydrogen-bond acceptors (Lipinski definition) is 7. The van der Waals surface area contributed by atoms with Crippen LogP contribution in [0.3, 0.4) is 0 Å². The fourth-order valence-electron chi connectivity index (χ4n) is 3.61. The zero-order valence-electron chi connectivity index (χ0n) is 17.8. The Labute approximate surface area is 191 Å². The Kier molecular flexibility index (Phi) is 6.52. The fraction of sp³-hybridized carbons (Fsp3) is 0.318. The van der Waals surface area contributed by atoms with E-state index in [4.69, 9.17) is 4.74 Å². The van der Waals surface area contributed by atoms with Crippen LogP contribution in [0.1, 0.15) is 6.42 Å². The number of nitrogens with zero attached hydrogens (tertiary/aromatic N) is 4. The first-order chi connectivity index (χ1) is 15.4. The van der Waals surface area contributed by atoms with Gasteiger partial charge in [0.15, 0.2) is 20.8 Å². The van der Waals surface area contributed by atoms with Gasteiger partial charge in [-0.1, -0.05) is 30.0 Å². The van der Waals surface area contributed by atoms with Crippen molar-refractivity contribution in [2.45, 2.75) is 17.6 Å². The molecule has 1 atom stereocenters. The van der Waals surface area contributed by atoms with E-state index in [9.17, 15) is 13.2 Å². The van der Waals surface area contributed by atoms with Crippen LogP contribution in [-0.2, 0) is 14.6 Å². The van der Waals surface area contributed by atoms with Gasteiger partial charge in [0.2, 0.25) is 5.91 Å². The fourth-order valence-corrected chi connectivity index (χ4v) is 6.26. The normalized spacial score (nSPS) is 17.2. The van der Waals surface area contributed by atoms with E-state index in [1.807, 2.05) is 59.2 Å². The molecular weight excluding hydrogens is 448 g/mol. The Hall–Kier alpha value is -2.85. The van der Waals surface area contributed by atoms with E-state index < -0.39 is 9.84 Å². The van der Waals surface area contributed by atoms with Crippen molar-refractivity contribution in [3.05, 3.63) is 54.6 Å². The molecule has 0 aliphatic carbocycles. The number of aromatic nitrogens is 3. The summed E-state index contributed by atoms with van der Waals surface area (Å²) in [5, 5.41) is 9.31. The molecule has 168 valence electrons. The Morgan fingerprint density at radius 2 is 1.88 bits per heavy atom. The predicted octanol–water partition coefficient (Wildman–Crippen LogP) is 2.68. The van der Waals surface area contributed by atoms with E-state index in [0.717, 1.165) is 17.0 Å². The number of para-hydroxylation sites is 1. The molecule has 0 saturated carbocycles. The van der Waals surface area contributed by atoms with Crippen molar-refractivity contribution in [2.75, 3.05) is 31.4 Å². The van der Waals surface area contributed by atoms with Gasteiger partial charge in [0.05, 0.1) is 24.4 Å². The average Bonchev–Trinajstić information content (AvgIpc) is 3.40. The minimum Gasteiger partial charge on any atom is -0.497 e. The lowest BCUT2D eigenvalue weighted by atomic mass is 10.2. The minimum absolute atomic E-state index is 0.0295. The highest BCUT2D eigenvalue weighted by Gasteiger charge is 2.32. The smallest absolute Gasteiger partial charge is 0.233 e. The Balaban J connectivity index is 1.57. The highest BCUT2D eigenvalue weighted by atomic mass is 32.2. The maximum Gasteiger partial charge on any atom is 0.233 e. The number of thioether (sulfide) groups is 1. The number of rotatable bonds is 7. The van der Waals surface area contributed by atoms with E-state index in [-0.39, 0.29) is 29.2 Å². The number of ether oxygens (including phenoxy) is 1. The summed E-state index contributed by atoms with van der Waals surface area (Å²) >= 11 is 1.28. The number of carbonyl (C=O) groups is 1. The standard InChI is InChI=1S/C22H24N4O4S2/c1-25(18-12-13-32(28,29)15-18)20(27)14-31-22-24-23-21(16-8-10-19(30-2)11-9-16)26(22)17-6-4-3-5-7-17/h3-11,18H,12-15H2,1-2H3/t18-/m0/s1. The van der Waals surface area contributed by atoms with Crippen LogP contribution in [0.2, 0.25) is 0 Å². The quantitative estimate of drug-likeness (QED) is 0.488. The number of amides is 1. The van der Waals surface area contributed by atoms with Gasteiger partial charge in [-0.2, -0.15) is 0 Å². The lowest BCUT2D eigenvalue weighted by molar-refractivity contribution is -0.128. The van der Waals surface area contributed by atoms with Crippen molar-refractivity contribution < 1.29 is 17.9 Å². The summed E-state index contributed by atoms with van der Waals surface area (Å²) in [6.07, 6.45) is 0.483. The monoisotopic (exact) mass is 472 g/mol. The van der Waals surface area contributed by atoms with Crippen LogP contribution >= 0.6 is 11.8 Å². The van der Waals surface area contributed by atoms with Gasteiger partial charge in [-0.05, 0) is 42.8 Å².